The number of rotatable bonds is 6. The number of hydrogen-bond acceptors (Lipinski definition) is 3. The Morgan fingerprint density at radius 2 is 1.96 bits per heavy atom. The average Bonchev–Trinajstić information content (AvgIpc) is 2.91. The molecule has 0 aliphatic carbocycles. The Labute approximate surface area is 144 Å². The van der Waals surface area contributed by atoms with Crippen LogP contribution in [-0.2, 0) is 18.4 Å². The molecular formula is C18H18FN3OS. The zero-order valence-corrected chi connectivity index (χ0v) is 14.1. The predicted molar refractivity (Wildman–Crippen MR) is 94.3 cm³/mol. The molecule has 1 heterocycles. The summed E-state index contributed by atoms with van der Waals surface area (Å²) in [5.74, 6) is 1.04. The second-order valence-electron chi connectivity index (χ2n) is 5.38. The minimum absolute atomic E-state index is 0.0640. The molecule has 0 atom stereocenters. The number of imidazole rings is 1. The molecule has 4 nitrogen and oxygen atoms in total. The first-order valence-corrected chi connectivity index (χ1v) is 8.68. The van der Waals surface area contributed by atoms with Crippen molar-refractivity contribution < 1.29 is 9.18 Å². The summed E-state index contributed by atoms with van der Waals surface area (Å²) in [6, 6.07) is 14.4. The molecule has 0 saturated carbocycles. The van der Waals surface area contributed by atoms with Gasteiger partial charge in [-0.15, -0.1) is 11.8 Å². The number of benzene rings is 2. The Kier molecular flexibility index (Phi) is 5.15. The lowest BCUT2D eigenvalue weighted by Gasteiger charge is -2.06. The summed E-state index contributed by atoms with van der Waals surface area (Å²) in [7, 11) is 1.94. The number of carbonyl (C=O) groups excluding carboxylic acids is 1. The van der Waals surface area contributed by atoms with Crippen LogP contribution in [0.2, 0.25) is 0 Å². The van der Waals surface area contributed by atoms with Crippen molar-refractivity contribution in [2.75, 3.05) is 5.75 Å². The third-order valence-electron chi connectivity index (χ3n) is 3.75. The fourth-order valence-corrected chi connectivity index (χ4v) is 3.32. The minimum atomic E-state index is -0.248. The van der Waals surface area contributed by atoms with E-state index < -0.39 is 0 Å². The van der Waals surface area contributed by atoms with Gasteiger partial charge >= 0.3 is 0 Å². The number of para-hydroxylation sites is 2. The van der Waals surface area contributed by atoms with E-state index in [0.717, 1.165) is 16.9 Å². The molecule has 0 aliphatic rings. The molecule has 0 bridgehead atoms. The largest absolute Gasteiger partial charge is 0.349 e. The smallest absolute Gasteiger partial charge is 0.221 e. The molecule has 0 fully saturated rings. The molecule has 0 saturated heterocycles. The third-order valence-corrected chi connectivity index (χ3v) is 4.80. The van der Waals surface area contributed by atoms with Crippen molar-refractivity contribution in [1.29, 1.82) is 0 Å². The van der Waals surface area contributed by atoms with Crippen LogP contribution in [0.25, 0.3) is 11.0 Å². The first-order chi connectivity index (χ1) is 11.6. The lowest BCUT2D eigenvalue weighted by Crippen LogP contribution is -2.24. The van der Waals surface area contributed by atoms with Gasteiger partial charge in [-0.05, 0) is 24.3 Å². The van der Waals surface area contributed by atoms with Crippen molar-refractivity contribution in [2.24, 2.45) is 7.05 Å². The highest BCUT2D eigenvalue weighted by Crippen LogP contribution is 2.21. The van der Waals surface area contributed by atoms with Gasteiger partial charge < -0.3 is 9.88 Å². The molecule has 2 aromatic carbocycles. The van der Waals surface area contributed by atoms with Crippen molar-refractivity contribution in [3.8, 4) is 0 Å². The first kappa shape index (κ1) is 16.5. The molecule has 1 amide bonds. The molecule has 6 heteroatoms. The number of nitrogens with one attached hydrogen (secondary N) is 1. The van der Waals surface area contributed by atoms with Crippen LogP contribution in [0.4, 0.5) is 4.39 Å². The van der Waals surface area contributed by atoms with Gasteiger partial charge in [-0.2, -0.15) is 0 Å². The van der Waals surface area contributed by atoms with E-state index in [2.05, 4.69) is 10.3 Å². The van der Waals surface area contributed by atoms with E-state index in [-0.39, 0.29) is 11.7 Å². The quantitative estimate of drug-likeness (QED) is 0.697. The number of fused-ring (bicyclic) bond motifs is 1. The number of carbonyl (C=O) groups is 1. The molecule has 0 radical (unpaired) electrons. The number of halogens is 1. The van der Waals surface area contributed by atoms with Crippen LogP contribution in [0.3, 0.4) is 0 Å². The molecule has 3 aromatic rings. The number of aromatic nitrogens is 2. The summed E-state index contributed by atoms with van der Waals surface area (Å²) in [5, 5.41) is 2.87. The number of nitrogens with zero attached hydrogens (tertiary/aromatic N) is 2. The number of amides is 1. The third kappa shape index (κ3) is 3.76. The lowest BCUT2D eigenvalue weighted by atomic mass is 10.3. The van der Waals surface area contributed by atoms with Gasteiger partial charge in [0.15, 0.2) is 0 Å². The van der Waals surface area contributed by atoms with Gasteiger partial charge in [-0.25, -0.2) is 9.37 Å². The molecule has 1 N–H and O–H groups in total. The fraction of sp³-hybridized carbons (Fsp3) is 0.222. The van der Waals surface area contributed by atoms with Gasteiger partial charge in [-0.3, -0.25) is 4.79 Å². The lowest BCUT2D eigenvalue weighted by molar-refractivity contribution is -0.120. The van der Waals surface area contributed by atoms with Crippen LogP contribution < -0.4 is 5.32 Å². The highest BCUT2D eigenvalue weighted by molar-refractivity contribution is 7.99. The van der Waals surface area contributed by atoms with E-state index in [4.69, 9.17) is 0 Å². The summed E-state index contributed by atoms with van der Waals surface area (Å²) in [4.78, 5) is 17.0. The molecule has 0 spiro atoms. The zero-order valence-electron chi connectivity index (χ0n) is 13.3. The maximum atomic E-state index is 13.5. The SMILES string of the molecule is Cn1c(CNC(=O)CCSc2ccccc2F)nc2ccccc21. The van der Waals surface area contributed by atoms with Gasteiger partial charge in [0.1, 0.15) is 11.6 Å². The normalized spacial score (nSPS) is 10.9. The molecule has 1 aromatic heterocycles. The fourth-order valence-electron chi connectivity index (χ4n) is 2.44. The van der Waals surface area contributed by atoms with E-state index in [0.29, 0.717) is 23.6 Å². The summed E-state index contributed by atoms with van der Waals surface area (Å²) in [6.45, 7) is 0.383. The number of hydrogen-bond donors (Lipinski definition) is 1. The Morgan fingerprint density at radius 3 is 2.75 bits per heavy atom. The van der Waals surface area contributed by atoms with Crippen molar-refractivity contribution in [2.45, 2.75) is 17.9 Å². The van der Waals surface area contributed by atoms with E-state index in [1.807, 2.05) is 35.9 Å². The Hall–Kier alpha value is -2.34. The Bertz CT molecular complexity index is 862. The predicted octanol–water partition coefficient (Wildman–Crippen LogP) is 3.51. The van der Waals surface area contributed by atoms with Gasteiger partial charge in [0.25, 0.3) is 0 Å². The topological polar surface area (TPSA) is 46.9 Å². The van der Waals surface area contributed by atoms with Crippen molar-refractivity contribution in [3.63, 3.8) is 0 Å². The minimum Gasteiger partial charge on any atom is -0.349 e. The Balaban J connectivity index is 1.50. The standard InChI is InChI=1S/C18H18FN3OS/c1-22-15-8-4-3-7-14(15)21-17(22)12-20-18(23)10-11-24-16-9-5-2-6-13(16)19/h2-9H,10-12H2,1H3,(H,20,23). The van der Waals surface area contributed by atoms with E-state index in [1.165, 1.54) is 17.8 Å². The highest BCUT2D eigenvalue weighted by Gasteiger charge is 2.09. The van der Waals surface area contributed by atoms with Crippen molar-refractivity contribution in [1.82, 2.24) is 14.9 Å². The summed E-state index contributed by atoms with van der Waals surface area (Å²) < 4.78 is 15.5. The van der Waals surface area contributed by atoms with Gasteiger partial charge in [0.05, 0.1) is 17.6 Å². The maximum absolute atomic E-state index is 13.5. The monoisotopic (exact) mass is 343 g/mol. The average molecular weight is 343 g/mol. The molecule has 0 unspecified atom stereocenters. The number of thioether (sulfide) groups is 1. The molecular weight excluding hydrogens is 325 g/mol. The van der Waals surface area contributed by atoms with Crippen molar-refractivity contribution in [3.05, 3.63) is 60.2 Å². The number of aryl methyl sites for hydroxylation is 1. The molecule has 24 heavy (non-hydrogen) atoms. The zero-order chi connectivity index (χ0) is 16.9. The van der Waals surface area contributed by atoms with Crippen LogP contribution in [0.1, 0.15) is 12.2 Å². The summed E-state index contributed by atoms with van der Waals surface area (Å²) in [6.07, 6.45) is 0.336. The van der Waals surface area contributed by atoms with Crippen LogP contribution in [0.5, 0.6) is 0 Å². The van der Waals surface area contributed by atoms with Crippen LogP contribution in [0, 0.1) is 5.82 Å². The van der Waals surface area contributed by atoms with Gasteiger partial charge in [-0.1, -0.05) is 24.3 Å². The summed E-state index contributed by atoms with van der Waals surface area (Å²) in [5.41, 5.74) is 1.95. The van der Waals surface area contributed by atoms with E-state index in [1.54, 1.807) is 18.2 Å². The van der Waals surface area contributed by atoms with Crippen LogP contribution in [0.15, 0.2) is 53.4 Å². The van der Waals surface area contributed by atoms with Crippen molar-refractivity contribution >= 4 is 28.7 Å². The molecule has 3 rings (SSSR count). The second-order valence-corrected chi connectivity index (χ2v) is 6.52. The maximum Gasteiger partial charge on any atom is 0.221 e. The first-order valence-electron chi connectivity index (χ1n) is 7.69. The van der Waals surface area contributed by atoms with Gasteiger partial charge in [0, 0.05) is 24.1 Å². The van der Waals surface area contributed by atoms with Crippen LogP contribution in [-0.4, -0.2) is 21.2 Å². The molecule has 0 aliphatic heterocycles. The van der Waals surface area contributed by atoms with E-state index in [9.17, 15) is 9.18 Å². The summed E-state index contributed by atoms with van der Waals surface area (Å²) >= 11 is 1.35. The van der Waals surface area contributed by atoms with E-state index >= 15 is 0 Å². The molecule has 124 valence electrons. The Morgan fingerprint density at radius 1 is 1.21 bits per heavy atom. The van der Waals surface area contributed by atoms with Gasteiger partial charge in [0.2, 0.25) is 5.91 Å². The second kappa shape index (κ2) is 7.49. The highest BCUT2D eigenvalue weighted by atomic mass is 32.2. The van der Waals surface area contributed by atoms with Crippen LogP contribution >= 0.6 is 11.8 Å².